The quantitative estimate of drug-likeness (QED) is 0.828. The minimum Gasteiger partial charge on any atom is -0.339 e. The number of nitrogens with zero attached hydrogens (tertiary/aromatic N) is 2. The van der Waals surface area contributed by atoms with Gasteiger partial charge in [0.15, 0.2) is 5.82 Å². The summed E-state index contributed by atoms with van der Waals surface area (Å²) in [4.78, 5) is 4.51. The van der Waals surface area contributed by atoms with Gasteiger partial charge in [0.05, 0.1) is 0 Å². The summed E-state index contributed by atoms with van der Waals surface area (Å²) in [7, 11) is 0. The Labute approximate surface area is 94.2 Å². The molecule has 2 atom stereocenters. The average Bonchev–Trinajstić information content (AvgIpc) is 3.07. The number of fused-ring (bicyclic) bond motifs is 1. The molecule has 15 heavy (non-hydrogen) atoms. The molecule has 82 valence electrons. The van der Waals surface area contributed by atoms with Gasteiger partial charge in [0.25, 0.3) is 0 Å². The summed E-state index contributed by atoms with van der Waals surface area (Å²) >= 11 is 0. The van der Waals surface area contributed by atoms with Crippen molar-refractivity contribution in [2.45, 2.75) is 24.7 Å². The molecule has 1 saturated heterocycles. The van der Waals surface area contributed by atoms with Crippen LogP contribution in [0, 0.1) is 11.8 Å². The van der Waals surface area contributed by atoms with Gasteiger partial charge in [-0.3, -0.25) is 0 Å². The van der Waals surface area contributed by atoms with Gasteiger partial charge < -0.3 is 9.84 Å². The third-order valence-electron chi connectivity index (χ3n) is 3.77. The largest absolute Gasteiger partial charge is 0.339 e. The second kappa shape index (κ2) is 3.19. The van der Waals surface area contributed by atoms with Crippen molar-refractivity contribution >= 4 is 12.4 Å². The van der Waals surface area contributed by atoms with Crippen molar-refractivity contribution in [1.82, 2.24) is 15.5 Å². The van der Waals surface area contributed by atoms with Crippen LogP contribution in [0.1, 0.15) is 36.4 Å². The van der Waals surface area contributed by atoms with Gasteiger partial charge in [0.1, 0.15) is 0 Å². The Bertz CT molecular complexity index is 366. The first-order chi connectivity index (χ1) is 6.93. The monoisotopic (exact) mass is 227 g/mol. The van der Waals surface area contributed by atoms with Crippen LogP contribution in [-0.2, 0) is 0 Å². The van der Waals surface area contributed by atoms with Crippen molar-refractivity contribution in [2.75, 3.05) is 13.1 Å². The van der Waals surface area contributed by atoms with Gasteiger partial charge in [-0.25, -0.2) is 0 Å². The van der Waals surface area contributed by atoms with Crippen LogP contribution in [0.4, 0.5) is 0 Å². The summed E-state index contributed by atoms with van der Waals surface area (Å²) in [6.07, 6.45) is 2.47. The summed E-state index contributed by atoms with van der Waals surface area (Å²) in [5.41, 5.74) is 0. The topological polar surface area (TPSA) is 51.0 Å². The molecule has 0 aromatic carbocycles. The maximum Gasteiger partial charge on any atom is 0.229 e. The molecule has 4 rings (SSSR count). The van der Waals surface area contributed by atoms with Gasteiger partial charge in [-0.15, -0.1) is 12.4 Å². The highest BCUT2D eigenvalue weighted by Gasteiger charge is 2.56. The van der Waals surface area contributed by atoms with Gasteiger partial charge in [-0.05, 0) is 37.8 Å². The van der Waals surface area contributed by atoms with Crippen LogP contribution in [0.25, 0.3) is 0 Å². The van der Waals surface area contributed by atoms with E-state index in [0.717, 1.165) is 36.6 Å². The lowest BCUT2D eigenvalue weighted by molar-refractivity contribution is 0.372. The average molecular weight is 228 g/mol. The maximum atomic E-state index is 5.27. The van der Waals surface area contributed by atoms with Gasteiger partial charge in [-0.2, -0.15) is 4.98 Å². The van der Waals surface area contributed by atoms with Gasteiger partial charge in [0, 0.05) is 11.8 Å². The number of aromatic nitrogens is 2. The van der Waals surface area contributed by atoms with E-state index in [9.17, 15) is 0 Å². The molecule has 2 saturated carbocycles. The Hall–Kier alpha value is -0.610. The zero-order chi connectivity index (χ0) is 9.12. The van der Waals surface area contributed by atoms with Crippen molar-refractivity contribution in [1.29, 1.82) is 0 Å². The third-order valence-corrected chi connectivity index (χ3v) is 3.77. The van der Waals surface area contributed by atoms with E-state index in [1.165, 1.54) is 12.8 Å². The van der Waals surface area contributed by atoms with Crippen LogP contribution in [0.3, 0.4) is 0 Å². The van der Waals surface area contributed by atoms with Gasteiger partial charge >= 0.3 is 0 Å². The highest BCUT2D eigenvalue weighted by Crippen LogP contribution is 2.55. The molecule has 3 aliphatic rings. The first kappa shape index (κ1) is 9.60. The van der Waals surface area contributed by atoms with Crippen molar-refractivity contribution in [3.8, 4) is 0 Å². The predicted octanol–water partition coefficient (Wildman–Crippen LogP) is 1.30. The van der Waals surface area contributed by atoms with Crippen LogP contribution in [0.15, 0.2) is 4.52 Å². The number of nitrogens with one attached hydrogen (secondary N) is 1. The zero-order valence-corrected chi connectivity index (χ0v) is 9.17. The van der Waals surface area contributed by atoms with Gasteiger partial charge in [0.2, 0.25) is 5.89 Å². The first-order valence-corrected chi connectivity index (χ1v) is 5.47. The lowest BCUT2D eigenvalue weighted by atomic mass is 10.2. The van der Waals surface area contributed by atoms with Crippen molar-refractivity contribution in [2.24, 2.45) is 11.8 Å². The second-order valence-electron chi connectivity index (χ2n) is 4.78. The Kier molecular flexibility index (Phi) is 2.04. The summed E-state index contributed by atoms with van der Waals surface area (Å²) in [5.74, 6) is 4.64. The molecule has 5 heteroatoms. The van der Waals surface area contributed by atoms with E-state index in [2.05, 4.69) is 15.5 Å². The molecule has 0 radical (unpaired) electrons. The Morgan fingerprint density at radius 3 is 2.60 bits per heavy atom. The van der Waals surface area contributed by atoms with Crippen LogP contribution in [0.5, 0.6) is 0 Å². The van der Waals surface area contributed by atoms with E-state index in [0.29, 0.717) is 11.8 Å². The Morgan fingerprint density at radius 2 is 1.93 bits per heavy atom. The molecule has 1 aromatic rings. The fraction of sp³-hybridized carbons (Fsp3) is 0.800. The number of halogens is 1. The smallest absolute Gasteiger partial charge is 0.229 e. The fourth-order valence-corrected chi connectivity index (χ4v) is 2.68. The molecule has 1 aromatic heterocycles. The van der Waals surface area contributed by atoms with E-state index in [-0.39, 0.29) is 12.4 Å². The number of hydrogen-bond donors (Lipinski definition) is 1. The summed E-state index contributed by atoms with van der Waals surface area (Å²) < 4.78 is 5.27. The fourth-order valence-electron chi connectivity index (χ4n) is 2.68. The maximum absolute atomic E-state index is 5.27. The molecule has 0 spiro atoms. The van der Waals surface area contributed by atoms with E-state index < -0.39 is 0 Å². The summed E-state index contributed by atoms with van der Waals surface area (Å²) in [6, 6.07) is 0. The van der Waals surface area contributed by atoms with Gasteiger partial charge in [-0.1, -0.05) is 5.16 Å². The SMILES string of the molecule is C1CC1c1nc(C2C3CNCC32)no1.Cl. The van der Waals surface area contributed by atoms with Crippen LogP contribution in [-0.4, -0.2) is 23.2 Å². The standard InChI is InChI=1S/C10H13N3O.ClH/c1-2-5(1)10-12-9(13-14-10)8-6-3-11-4-7(6)8;/h5-8,11H,1-4H2;1H. The highest BCUT2D eigenvalue weighted by molar-refractivity contribution is 5.85. The molecule has 3 fully saturated rings. The van der Waals surface area contributed by atoms with Crippen LogP contribution in [0.2, 0.25) is 0 Å². The predicted molar refractivity (Wildman–Crippen MR) is 56.1 cm³/mol. The van der Waals surface area contributed by atoms with Crippen molar-refractivity contribution < 1.29 is 4.52 Å². The second-order valence-corrected chi connectivity index (χ2v) is 4.78. The molecule has 0 bridgehead atoms. The zero-order valence-electron chi connectivity index (χ0n) is 8.35. The van der Waals surface area contributed by atoms with E-state index in [1.807, 2.05) is 0 Å². The molecule has 1 N–H and O–H groups in total. The third kappa shape index (κ3) is 1.39. The summed E-state index contributed by atoms with van der Waals surface area (Å²) in [5, 5.41) is 7.49. The Morgan fingerprint density at radius 1 is 1.20 bits per heavy atom. The molecule has 0 amide bonds. The van der Waals surface area contributed by atoms with E-state index in [4.69, 9.17) is 4.52 Å². The van der Waals surface area contributed by atoms with Crippen molar-refractivity contribution in [3.05, 3.63) is 11.7 Å². The van der Waals surface area contributed by atoms with Crippen LogP contribution >= 0.6 is 12.4 Å². The molecule has 4 nitrogen and oxygen atoms in total. The normalized spacial score (nSPS) is 37.2. The first-order valence-electron chi connectivity index (χ1n) is 5.47. The summed E-state index contributed by atoms with van der Waals surface area (Å²) in [6.45, 7) is 2.28. The molecular weight excluding hydrogens is 214 g/mol. The lowest BCUT2D eigenvalue weighted by Gasteiger charge is -1.97. The van der Waals surface area contributed by atoms with E-state index in [1.54, 1.807) is 0 Å². The molecule has 2 heterocycles. The lowest BCUT2D eigenvalue weighted by Crippen LogP contribution is -2.14. The molecule has 2 unspecified atom stereocenters. The minimum absolute atomic E-state index is 0. The van der Waals surface area contributed by atoms with Crippen LogP contribution < -0.4 is 5.32 Å². The minimum atomic E-state index is 0. The number of rotatable bonds is 2. The molecule has 1 aliphatic heterocycles. The van der Waals surface area contributed by atoms with Crippen molar-refractivity contribution in [3.63, 3.8) is 0 Å². The Balaban J connectivity index is 0.000000722. The van der Waals surface area contributed by atoms with E-state index >= 15 is 0 Å². The molecular formula is C10H14ClN3O. The number of piperidine rings is 1. The number of hydrogen-bond acceptors (Lipinski definition) is 4. The highest BCUT2D eigenvalue weighted by atomic mass is 35.5. The molecule has 2 aliphatic carbocycles.